The summed E-state index contributed by atoms with van der Waals surface area (Å²) in [5.41, 5.74) is 1.85. The summed E-state index contributed by atoms with van der Waals surface area (Å²) in [6.45, 7) is 3.91. The topological polar surface area (TPSA) is 82.3 Å². The van der Waals surface area contributed by atoms with Gasteiger partial charge in [-0.2, -0.15) is 4.98 Å². The van der Waals surface area contributed by atoms with Gasteiger partial charge in [-0.15, -0.1) is 0 Å². The largest absolute Gasteiger partial charge is 0.489 e. The van der Waals surface area contributed by atoms with E-state index in [9.17, 15) is 0 Å². The van der Waals surface area contributed by atoms with Crippen LogP contribution in [0.25, 0.3) is 11.4 Å². The van der Waals surface area contributed by atoms with Gasteiger partial charge in [0.15, 0.2) is 0 Å². The van der Waals surface area contributed by atoms with Gasteiger partial charge in [-0.3, -0.25) is 4.98 Å². The van der Waals surface area contributed by atoms with E-state index < -0.39 is 0 Å². The van der Waals surface area contributed by atoms with E-state index >= 15 is 0 Å². The van der Waals surface area contributed by atoms with Gasteiger partial charge in [-0.1, -0.05) is 23.4 Å². The highest BCUT2D eigenvalue weighted by Gasteiger charge is 2.28. The van der Waals surface area contributed by atoms with Crippen molar-refractivity contribution in [2.45, 2.75) is 25.7 Å². The zero-order valence-corrected chi connectivity index (χ0v) is 14.5. The molecule has 2 atom stereocenters. The molecule has 0 aliphatic carbocycles. The Labute approximate surface area is 151 Å². The lowest BCUT2D eigenvalue weighted by Crippen LogP contribution is -2.40. The molecule has 7 heteroatoms. The van der Waals surface area contributed by atoms with Crippen molar-refractivity contribution in [2.75, 3.05) is 13.2 Å². The second-order valence-corrected chi connectivity index (χ2v) is 6.14. The fourth-order valence-electron chi connectivity index (χ4n) is 2.86. The van der Waals surface area contributed by atoms with Crippen molar-refractivity contribution in [2.24, 2.45) is 0 Å². The van der Waals surface area contributed by atoms with E-state index in [-0.39, 0.29) is 12.1 Å². The second-order valence-electron chi connectivity index (χ2n) is 6.14. The number of hydrogen-bond acceptors (Lipinski definition) is 7. The Morgan fingerprint density at radius 1 is 1.27 bits per heavy atom. The van der Waals surface area contributed by atoms with Crippen LogP contribution in [0.15, 0.2) is 53.3 Å². The normalized spacial score (nSPS) is 20.0. The van der Waals surface area contributed by atoms with E-state index in [1.165, 1.54) is 0 Å². The number of nitrogens with zero attached hydrogens (tertiary/aromatic N) is 3. The Bertz CT molecular complexity index is 853. The van der Waals surface area contributed by atoms with Crippen LogP contribution in [0.1, 0.15) is 24.4 Å². The molecule has 0 radical (unpaired) electrons. The number of morpholine rings is 1. The molecule has 3 aromatic rings. The van der Waals surface area contributed by atoms with Gasteiger partial charge in [-0.25, -0.2) is 0 Å². The maximum Gasteiger partial charge on any atom is 0.246 e. The molecule has 1 aliphatic rings. The maximum absolute atomic E-state index is 5.84. The summed E-state index contributed by atoms with van der Waals surface area (Å²) in [7, 11) is 0. The fourth-order valence-corrected chi connectivity index (χ4v) is 2.86. The summed E-state index contributed by atoms with van der Waals surface area (Å²) in [5.74, 6) is 1.81. The predicted molar refractivity (Wildman–Crippen MR) is 94.5 cm³/mol. The van der Waals surface area contributed by atoms with Crippen LogP contribution in [0.3, 0.4) is 0 Å². The molecule has 0 bridgehead atoms. The highest BCUT2D eigenvalue weighted by molar-refractivity contribution is 5.56. The summed E-state index contributed by atoms with van der Waals surface area (Å²) in [6, 6.07) is 11.4. The Balaban J connectivity index is 1.48. The van der Waals surface area contributed by atoms with Gasteiger partial charge >= 0.3 is 0 Å². The van der Waals surface area contributed by atoms with Crippen LogP contribution in [0.2, 0.25) is 0 Å². The van der Waals surface area contributed by atoms with Crippen LogP contribution in [0.4, 0.5) is 0 Å². The molecule has 26 heavy (non-hydrogen) atoms. The molecule has 0 unspecified atom stereocenters. The van der Waals surface area contributed by atoms with Gasteiger partial charge in [0, 0.05) is 30.1 Å². The number of rotatable bonds is 5. The lowest BCUT2D eigenvalue weighted by Gasteiger charge is -2.27. The van der Waals surface area contributed by atoms with Crippen molar-refractivity contribution >= 4 is 0 Å². The van der Waals surface area contributed by atoms with Gasteiger partial charge in [0.1, 0.15) is 18.4 Å². The van der Waals surface area contributed by atoms with E-state index in [1.807, 2.05) is 43.3 Å². The molecule has 1 fully saturated rings. The molecule has 134 valence electrons. The summed E-state index contributed by atoms with van der Waals surface area (Å²) in [5, 5.41) is 7.46. The first-order chi connectivity index (χ1) is 12.8. The van der Waals surface area contributed by atoms with E-state index in [0.29, 0.717) is 24.9 Å². The number of pyridine rings is 1. The monoisotopic (exact) mass is 352 g/mol. The lowest BCUT2D eigenvalue weighted by molar-refractivity contribution is -0.00136. The fraction of sp³-hybridized carbons (Fsp3) is 0.316. The second kappa shape index (κ2) is 7.63. The molecule has 0 saturated carbocycles. The highest BCUT2D eigenvalue weighted by Crippen LogP contribution is 2.25. The van der Waals surface area contributed by atoms with Crippen molar-refractivity contribution in [1.29, 1.82) is 0 Å². The average molecular weight is 352 g/mol. The van der Waals surface area contributed by atoms with Gasteiger partial charge in [-0.05, 0) is 25.1 Å². The predicted octanol–water partition coefficient (Wildman–Crippen LogP) is 2.76. The third-order valence-electron chi connectivity index (χ3n) is 4.24. The quantitative estimate of drug-likeness (QED) is 0.756. The van der Waals surface area contributed by atoms with Crippen LogP contribution >= 0.6 is 0 Å². The lowest BCUT2D eigenvalue weighted by atomic mass is 10.1. The van der Waals surface area contributed by atoms with Gasteiger partial charge in [0.05, 0.1) is 12.7 Å². The molecule has 0 spiro atoms. The van der Waals surface area contributed by atoms with Crippen molar-refractivity contribution in [1.82, 2.24) is 20.4 Å². The first-order valence-corrected chi connectivity index (χ1v) is 8.60. The summed E-state index contributed by atoms with van der Waals surface area (Å²) in [6.07, 6.45) is 3.52. The standard InChI is InChI=1S/C19H20N4O3/c1-13-17(21-8-9-24-13)19-22-18(23-26-19)15-5-2-6-16(10-15)25-12-14-4-3-7-20-11-14/h2-7,10-11,13,17,21H,8-9,12H2,1H3/t13-,17+/m1/s1. The Morgan fingerprint density at radius 2 is 2.23 bits per heavy atom. The molecule has 0 amide bonds. The number of hydrogen-bond donors (Lipinski definition) is 1. The van der Waals surface area contributed by atoms with E-state index in [0.717, 1.165) is 23.4 Å². The van der Waals surface area contributed by atoms with E-state index in [2.05, 4.69) is 20.4 Å². The smallest absolute Gasteiger partial charge is 0.246 e. The zero-order chi connectivity index (χ0) is 17.8. The molecule has 1 N–H and O–H groups in total. The van der Waals surface area contributed by atoms with Crippen LogP contribution in [-0.4, -0.2) is 34.4 Å². The minimum Gasteiger partial charge on any atom is -0.489 e. The maximum atomic E-state index is 5.84. The van der Waals surface area contributed by atoms with Crippen LogP contribution < -0.4 is 10.1 Å². The summed E-state index contributed by atoms with van der Waals surface area (Å²) in [4.78, 5) is 8.61. The van der Waals surface area contributed by atoms with Gasteiger partial charge in [0.25, 0.3) is 0 Å². The van der Waals surface area contributed by atoms with Gasteiger partial charge in [0.2, 0.25) is 11.7 Å². The van der Waals surface area contributed by atoms with Crippen LogP contribution in [0.5, 0.6) is 5.75 Å². The molecule has 4 rings (SSSR count). The molecular weight excluding hydrogens is 332 g/mol. The van der Waals surface area contributed by atoms with Crippen molar-refractivity contribution in [3.63, 3.8) is 0 Å². The Kier molecular flexibility index (Phi) is 4.90. The first-order valence-electron chi connectivity index (χ1n) is 8.60. The van der Waals surface area contributed by atoms with Crippen LogP contribution in [-0.2, 0) is 11.3 Å². The third-order valence-corrected chi connectivity index (χ3v) is 4.24. The summed E-state index contributed by atoms with van der Waals surface area (Å²) >= 11 is 0. The molecule has 2 aromatic heterocycles. The summed E-state index contributed by atoms with van der Waals surface area (Å²) < 4.78 is 16.9. The van der Waals surface area contributed by atoms with E-state index in [4.69, 9.17) is 14.0 Å². The minimum absolute atomic E-state index is 0.00815. The van der Waals surface area contributed by atoms with Crippen molar-refractivity contribution in [3.8, 4) is 17.1 Å². The third kappa shape index (κ3) is 3.74. The average Bonchev–Trinajstić information content (AvgIpc) is 3.18. The molecule has 1 aromatic carbocycles. The molecule has 1 aliphatic heterocycles. The SMILES string of the molecule is C[C@H]1OCCN[C@@H]1c1nc(-c2cccc(OCc3cccnc3)c2)no1. The number of nitrogens with one attached hydrogen (secondary N) is 1. The van der Waals surface area contributed by atoms with E-state index in [1.54, 1.807) is 12.4 Å². The van der Waals surface area contributed by atoms with Crippen molar-refractivity contribution in [3.05, 3.63) is 60.2 Å². The minimum atomic E-state index is -0.0880. The number of aromatic nitrogens is 3. The first kappa shape index (κ1) is 16.7. The van der Waals surface area contributed by atoms with Crippen LogP contribution in [0, 0.1) is 0 Å². The highest BCUT2D eigenvalue weighted by atomic mass is 16.5. The molecule has 1 saturated heterocycles. The molecule has 7 nitrogen and oxygen atoms in total. The molecule has 3 heterocycles. The van der Waals surface area contributed by atoms with Gasteiger partial charge < -0.3 is 19.3 Å². The number of benzene rings is 1. The number of ether oxygens (including phenoxy) is 2. The molecular formula is C19H20N4O3. The Hall–Kier alpha value is -2.77. The Morgan fingerprint density at radius 3 is 3.08 bits per heavy atom. The van der Waals surface area contributed by atoms with Crippen molar-refractivity contribution < 1.29 is 14.0 Å². The zero-order valence-electron chi connectivity index (χ0n) is 14.5.